The molecule has 0 aliphatic heterocycles. The van der Waals surface area contributed by atoms with E-state index >= 15 is 0 Å². The van der Waals surface area contributed by atoms with E-state index in [4.69, 9.17) is 11.5 Å². The van der Waals surface area contributed by atoms with Crippen LogP contribution in [-0.4, -0.2) is 4.98 Å². The van der Waals surface area contributed by atoms with Gasteiger partial charge >= 0.3 is 0 Å². The van der Waals surface area contributed by atoms with E-state index in [0.717, 1.165) is 0 Å². The number of nitrogens with two attached hydrogens (primary N) is 2. The van der Waals surface area contributed by atoms with Gasteiger partial charge in [0, 0.05) is 0 Å². The van der Waals surface area contributed by atoms with Gasteiger partial charge in [0.2, 0.25) is 0 Å². The molecule has 0 saturated heterocycles. The molecule has 5 N–H and O–H groups in total. The van der Waals surface area contributed by atoms with Gasteiger partial charge in [0.25, 0.3) is 0 Å². The van der Waals surface area contributed by atoms with Gasteiger partial charge in [-0.15, -0.1) is 0 Å². The predicted molar refractivity (Wildman–Crippen MR) is 46.9 cm³/mol. The Morgan fingerprint density at radius 1 is 1.55 bits per heavy atom. The van der Waals surface area contributed by atoms with Crippen LogP contribution >= 0.6 is 0 Å². The van der Waals surface area contributed by atoms with Crippen molar-refractivity contribution in [3.8, 4) is 0 Å². The smallest absolute Gasteiger partial charge is 0.153 e. The molecular weight excluding hydrogens is 140 g/mol. The number of nitrogens with zero attached hydrogens (tertiary/aromatic N) is 1. The number of nitrogen functional groups attached to an aromatic ring is 2. The van der Waals surface area contributed by atoms with Gasteiger partial charge in [0.15, 0.2) is 5.82 Å². The third-order valence-electron chi connectivity index (χ3n) is 1.18. The Labute approximate surface area is 64.9 Å². The number of anilines is 3. The van der Waals surface area contributed by atoms with Crippen molar-refractivity contribution in [2.24, 2.45) is 0 Å². The topological polar surface area (TPSA) is 77.0 Å². The van der Waals surface area contributed by atoms with Crippen LogP contribution in [0, 0.1) is 0 Å². The van der Waals surface area contributed by atoms with Crippen LogP contribution in [0.5, 0.6) is 0 Å². The van der Waals surface area contributed by atoms with Crippen molar-refractivity contribution in [1.29, 1.82) is 0 Å². The van der Waals surface area contributed by atoms with Crippen molar-refractivity contribution in [2.45, 2.75) is 0 Å². The van der Waals surface area contributed by atoms with E-state index in [0.29, 0.717) is 17.2 Å². The molecule has 1 aromatic heterocycles. The molecule has 0 aliphatic rings. The van der Waals surface area contributed by atoms with E-state index in [-0.39, 0.29) is 0 Å². The zero-order valence-electron chi connectivity index (χ0n) is 6.04. The molecule has 1 aromatic rings. The summed E-state index contributed by atoms with van der Waals surface area (Å²) in [5.41, 5.74) is 12.1. The quantitative estimate of drug-likeness (QED) is 0.582. The molecule has 11 heavy (non-hydrogen) atoms. The number of aromatic nitrogens is 1. The molecule has 0 amide bonds. The number of pyridine rings is 1. The largest absolute Gasteiger partial charge is 0.397 e. The zero-order chi connectivity index (χ0) is 8.27. The number of hydrogen-bond donors (Lipinski definition) is 3. The van der Waals surface area contributed by atoms with Gasteiger partial charge in [0.05, 0.1) is 17.6 Å². The van der Waals surface area contributed by atoms with E-state index < -0.39 is 0 Å². The second-order valence-corrected chi connectivity index (χ2v) is 2.05. The molecule has 0 atom stereocenters. The number of rotatable bonds is 2. The highest BCUT2D eigenvalue weighted by atomic mass is 15.0. The molecule has 0 unspecified atom stereocenters. The number of hydrogen-bond acceptors (Lipinski definition) is 4. The summed E-state index contributed by atoms with van der Waals surface area (Å²) in [6.07, 6.45) is 3.04. The summed E-state index contributed by atoms with van der Waals surface area (Å²) in [6.45, 7) is 3.48. The van der Waals surface area contributed by atoms with Crippen molar-refractivity contribution in [3.05, 3.63) is 25.0 Å². The Kier molecular flexibility index (Phi) is 1.96. The normalized spacial score (nSPS) is 9.09. The van der Waals surface area contributed by atoms with Gasteiger partial charge in [-0.25, -0.2) is 4.98 Å². The first-order valence-electron chi connectivity index (χ1n) is 3.12. The van der Waals surface area contributed by atoms with Gasteiger partial charge in [-0.2, -0.15) is 0 Å². The highest BCUT2D eigenvalue weighted by Crippen LogP contribution is 2.16. The van der Waals surface area contributed by atoms with Crippen LogP contribution < -0.4 is 16.8 Å². The monoisotopic (exact) mass is 150 g/mol. The minimum absolute atomic E-state index is 0.518. The van der Waals surface area contributed by atoms with E-state index in [1.807, 2.05) is 0 Å². The van der Waals surface area contributed by atoms with Gasteiger partial charge in [0.1, 0.15) is 0 Å². The second-order valence-electron chi connectivity index (χ2n) is 2.05. The molecule has 0 aliphatic carbocycles. The van der Waals surface area contributed by atoms with Crippen molar-refractivity contribution >= 4 is 17.2 Å². The number of nitrogens with one attached hydrogen (secondary N) is 1. The van der Waals surface area contributed by atoms with Crippen molar-refractivity contribution in [3.63, 3.8) is 0 Å². The van der Waals surface area contributed by atoms with Crippen molar-refractivity contribution < 1.29 is 0 Å². The molecule has 0 bridgehead atoms. The molecule has 0 aromatic carbocycles. The highest BCUT2D eigenvalue weighted by molar-refractivity contribution is 5.66. The molecule has 1 rings (SSSR count). The van der Waals surface area contributed by atoms with Gasteiger partial charge < -0.3 is 16.8 Å². The molecule has 0 fully saturated rings. The molecule has 0 saturated carbocycles. The van der Waals surface area contributed by atoms with Crippen LogP contribution in [0.3, 0.4) is 0 Å². The average Bonchev–Trinajstić information content (AvgIpc) is 1.95. The third kappa shape index (κ3) is 1.61. The zero-order valence-corrected chi connectivity index (χ0v) is 6.04. The molecule has 58 valence electrons. The molecule has 0 spiro atoms. The summed E-state index contributed by atoms with van der Waals surface area (Å²) in [7, 11) is 0. The second kappa shape index (κ2) is 2.92. The Morgan fingerprint density at radius 2 is 2.27 bits per heavy atom. The minimum Gasteiger partial charge on any atom is -0.397 e. The molecule has 1 heterocycles. The van der Waals surface area contributed by atoms with Crippen LogP contribution in [0.4, 0.5) is 17.2 Å². The fourth-order valence-electron chi connectivity index (χ4n) is 0.716. The summed E-state index contributed by atoms with van der Waals surface area (Å²) in [6, 6.07) is 1.64. The first-order valence-corrected chi connectivity index (χ1v) is 3.12. The van der Waals surface area contributed by atoms with E-state index in [1.54, 1.807) is 6.07 Å². The van der Waals surface area contributed by atoms with Crippen LogP contribution in [0.25, 0.3) is 0 Å². The SMILES string of the molecule is C=CNc1ncc(N)cc1N. The van der Waals surface area contributed by atoms with Crippen LogP contribution in [0.1, 0.15) is 0 Å². The Balaban J connectivity index is 2.98. The maximum absolute atomic E-state index is 5.55. The van der Waals surface area contributed by atoms with E-state index in [9.17, 15) is 0 Å². The Hall–Kier alpha value is -1.71. The minimum atomic E-state index is 0.518. The predicted octanol–water partition coefficient (Wildman–Crippen LogP) is 0.801. The molecular formula is C7H10N4. The van der Waals surface area contributed by atoms with Gasteiger partial charge in [-0.1, -0.05) is 6.58 Å². The van der Waals surface area contributed by atoms with Crippen molar-refractivity contribution in [2.75, 3.05) is 16.8 Å². The summed E-state index contributed by atoms with van der Waals surface area (Å²) in [4.78, 5) is 3.94. The maximum Gasteiger partial charge on any atom is 0.153 e. The lowest BCUT2D eigenvalue weighted by atomic mass is 10.3. The maximum atomic E-state index is 5.55. The lowest BCUT2D eigenvalue weighted by Gasteiger charge is -2.03. The van der Waals surface area contributed by atoms with Crippen molar-refractivity contribution in [1.82, 2.24) is 4.98 Å². The lowest BCUT2D eigenvalue weighted by Crippen LogP contribution is -1.98. The standard InChI is InChI=1S/C7H10N4/c1-2-10-7-6(9)3-5(8)4-11-7/h2-4H,1,8-9H2,(H,10,11). The Morgan fingerprint density at radius 3 is 2.82 bits per heavy atom. The fourth-order valence-corrected chi connectivity index (χ4v) is 0.716. The molecule has 0 radical (unpaired) electrons. The fraction of sp³-hybridized carbons (Fsp3) is 0. The van der Waals surface area contributed by atoms with E-state index in [2.05, 4.69) is 16.9 Å². The summed E-state index contributed by atoms with van der Waals surface area (Å²) in [5.74, 6) is 0.578. The first kappa shape index (κ1) is 7.40. The third-order valence-corrected chi connectivity index (χ3v) is 1.18. The first-order chi connectivity index (χ1) is 5.24. The summed E-state index contributed by atoms with van der Waals surface area (Å²) >= 11 is 0. The van der Waals surface area contributed by atoms with Crippen LogP contribution in [-0.2, 0) is 0 Å². The van der Waals surface area contributed by atoms with Crippen LogP contribution in [0.15, 0.2) is 25.0 Å². The van der Waals surface area contributed by atoms with Crippen LogP contribution in [0.2, 0.25) is 0 Å². The summed E-state index contributed by atoms with van der Waals surface area (Å²) < 4.78 is 0. The highest BCUT2D eigenvalue weighted by Gasteiger charge is 1.96. The summed E-state index contributed by atoms with van der Waals surface area (Å²) in [5, 5.41) is 2.78. The van der Waals surface area contributed by atoms with E-state index in [1.165, 1.54) is 12.4 Å². The van der Waals surface area contributed by atoms with Gasteiger partial charge in [-0.3, -0.25) is 0 Å². The molecule has 4 heteroatoms. The average molecular weight is 150 g/mol. The molecule has 4 nitrogen and oxygen atoms in total. The van der Waals surface area contributed by atoms with Gasteiger partial charge in [-0.05, 0) is 12.3 Å². The Bertz CT molecular complexity index is 269. The lowest BCUT2D eigenvalue weighted by molar-refractivity contribution is 1.32.